The summed E-state index contributed by atoms with van der Waals surface area (Å²) < 4.78 is 16.9. The quantitative estimate of drug-likeness (QED) is 0.0261. The van der Waals surface area contributed by atoms with E-state index < -0.39 is 6.10 Å². The minimum atomic E-state index is -0.807. The number of unbranched alkanes of at least 4 members (excludes halogenated alkanes) is 20. The van der Waals surface area contributed by atoms with Crippen LogP contribution in [0.3, 0.4) is 0 Å². The molecule has 0 amide bonds. The average Bonchev–Trinajstić information content (AvgIpc) is 3.43. The van der Waals surface area contributed by atoms with Gasteiger partial charge in [-0.25, -0.2) is 0 Å². The Bertz CT molecular complexity index is 1700. The highest BCUT2D eigenvalue weighted by molar-refractivity contribution is 5.71. The largest absolute Gasteiger partial charge is 0.462 e. The highest BCUT2D eigenvalue weighted by Gasteiger charge is 2.19. The van der Waals surface area contributed by atoms with Crippen molar-refractivity contribution < 1.29 is 28.6 Å². The van der Waals surface area contributed by atoms with Gasteiger partial charge < -0.3 is 14.2 Å². The Labute approximate surface area is 474 Å². The van der Waals surface area contributed by atoms with Gasteiger partial charge >= 0.3 is 17.9 Å². The molecule has 0 aliphatic carbocycles. The average molecular weight is 1060 g/mol. The van der Waals surface area contributed by atoms with Gasteiger partial charge in [-0.1, -0.05) is 250 Å². The van der Waals surface area contributed by atoms with Crippen molar-refractivity contribution >= 4 is 17.9 Å². The molecule has 0 aromatic rings. The van der Waals surface area contributed by atoms with E-state index in [1.165, 1.54) is 51.4 Å². The first-order valence-electron chi connectivity index (χ1n) is 31.3. The Kier molecular flexibility index (Phi) is 59.9. The van der Waals surface area contributed by atoms with Crippen LogP contribution in [0.2, 0.25) is 0 Å². The van der Waals surface area contributed by atoms with Gasteiger partial charge in [0.05, 0.1) is 0 Å². The fourth-order valence-corrected chi connectivity index (χ4v) is 8.17. The molecule has 0 saturated heterocycles. The lowest BCUT2D eigenvalue weighted by atomic mass is 10.1. The van der Waals surface area contributed by atoms with Gasteiger partial charge in [-0.2, -0.15) is 0 Å². The van der Waals surface area contributed by atoms with Crippen LogP contribution in [-0.2, 0) is 28.6 Å². The van der Waals surface area contributed by atoms with Crippen LogP contribution in [0, 0.1) is 0 Å². The minimum absolute atomic E-state index is 0.102. The summed E-state index contributed by atoms with van der Waals surface area (Å²) in [4.78, 5) is 38.3. The van der Waals surface area contributed by atoms with E-state index in [0.29, 0.717) is 19.3 Å². The first-order valence-corrected chi connectivity index (χ1v) is 31.3. The predicted molar refractivity (Wildman–Crippen MR) is 334 cm³/mol. The molecule has 0 spiro atoms. The molecule has 0 rings (SSSR count). The molecule has 0 aromatic heterocycles. The molecule has 0 aliphatic heterocycles. The lowest BCUT2D eigenvalue weighted by molar-refractivity contribution is -0.167. The summed E-state index contributed by atoms with van der Waals surface area (Å²) in [5, 5.41) is 0. The first-order chi connectivity index (χ1) is 38.0. The van der Waals surface area contributed by atoms with Crippen molar-refractivity contribution in [3.8, 4) is 0 Å². The normalized spacial score (nSPS) is 13.1. The molecule has 6 heteroatoms. The minimum Gasteiger partial charge on any atom is -0.462 e. The molecule has 0 N–H and O–H groups in total. The summed E-state index contributed by atoms with van der Waals surface area (Å²) in [7, 11) is 0. The zero-order valence-electron chi connectivity index (χ0n) is 49.7. The van der Waals surface area contributed by atoms with Gasteiger partial charge in [0.1, 0.15) is 13.2 Å². The Morgan fingerprint density at radius 1 is 0.273 bits per heavy atom. The molecule has 1 atom stereocenters. The summed E-state index contributed by atoms with van der Waals surface area (Å²) in [5.41, 5.74) is 0. The predicted octanol–water partition coefficient (Wildman–Crippen LogP) is 21.5. The maximum atomic E-state index is 12.9. The van der Waals surface area contributed by atoms with Crippen LogP contribution in [-0.4, -0.2) is 37.2 Å². The lowest BCUT2D eigenvalue weighted by Gasteiger charge is -2.18. The van der Waals surface area contributed by atoms with Gasteiger partial charge in [-0.15, -0.1) is 0 Å². The highest BCUT2D eigenvalue weighted by atomic mass is 16.6. The standard InChI is InChI=1S/C71H114O6/c1-4-7-10-13-16-19-22-25-28-30-32-33-34-35-36-37-39-40-43-46-49-52-55-58-61-64-70(73)76-67-68(66-75-69(72)63-60-57-54-51-48-45-42-27-24-21-18-15-12-9-6-3)77-71(74)65-62-59-56-53-50-47-44-41-38-31-29-26-23-20-17-14-11-8-5-2/h7,9-10,12,16-21,25-29,32-33,35-36,38-42,68H,4-6,8,11,13-15,22-24,30-31,34,37,43-67H2,1-3H3/b10-7-,12-9-,19-16-,20-17-,21-18-,28-25-,29-26-,33-32-,36-35-,40-39-,41-38-,42-27-. The summed E-state index contributed by atoms with van der Waals surface area (Å²) in [6, 6.07) is 0. The summed E-state index contributed by atoms with van der Waals surface area (Å²) >= 11 is 0. The Morgan fingerprint density at radius 2 is 0.506 bits per heavy atom. The van der Waals surface area contributed by atoms with E-state index in [1.54, 1.807) is 0 Å². The fourth-order valence-electron chi connectivity index (χ4n) is 8.17. The van der Waals surface area contributed by atoms with Crippen molar-refractivity contribution in [2.45, 2.75) is 271 Å². The summed E-state index contributed by atoms with van der Waals surface area (Å²) in [6.07, 6.45) is 91.2. The van der Waals surface area contributed by atoms with Gasteiger partial charge in [0.15, 0.2) is 6.10 Å². The third-order valence-electron chi connectivity index (χ3n) is 12.8. The van der Waals surface area contributed by atoms with Crippen molar-refractivity contribution in [3.05, 3.63) is 146 Å². The summed E-state index contributed by atoms with van der Waals surface area (Å²) in [5.74, 6) is -0.947. The van der Waals surface area contributed by atoms with E-state index in [2.05, 4.69) is 167 Å². The molecule has 0 bridgehead atoms. The van der Waals surface area contributed by atoms with Crippen LogP contribution in [0.5, 0.6) is 0 Å². The molecular formula is C71H114O6. The number of hydrogen-bond acceptors (Lipinski definition) is 6. The number of carbonyl (C=O) groups is 3. The smallest absolute Gasteiger partial charge is 0.306 e. The molecule has 0 aliphatic rings. The zero-order valence-corrected chi connectivity index (χ0v) is 49.7. The molecule has 77 heavy (non-hydrogen) atoms. The van der Waals surface area contributed by atoms with E-state index in [0.717, 1.165) is 173 Å². The van der Waals surface area contributed by atoms with Gasteiger partial charge in [-0.05, 0) is 141 Å². The van der Waals surface area contributed by atoms with Crippen LogP contribution in [0.1, 0.15) is 265 Å². The van der Waals surface area contributed by atoms with Crippen LogP contribution in [0.25, 0.3) is 0 Å². The number of allylic oxidation sites excluding steroid dienone is 24. The third-order valence-corrected chi connectivity index (χ3v) is 12.8. The van der Waals surface area contributed by atoms with Crippen LogP contribution in [0.15, 0.2) is 146 Å². The molecule has 1 unspecified atom stereocenters. The second kappa shape index (κ2) is 63.8. The number of ether oxygens (including phenoxy) is 3. The second-order valence-corrected chi connectivity index (χ2v) is 20.2. The zero-order chi connectivity index (χ0) is 55.7. The molecule has 0 aromatic carbocycles. The number of rotatable bonds is 55. The van der Waals surface area contributed by atoms with E-state index in [4.69, 9.17) is 14.2 Å². The Hall–Kier alpha value is -4.71. The molecule has 0 fully saturated rings. The molecule has 0 radical (unpaired) electrons. The van der Waals surface area contributed by atoms with Crippen molar-refractivity contribution in [3.63, 3.8) is 0 Å². The van der Waals surface area contributed by atoms with Crippen LogP contribution < -0.4 is 0 Å². The van der Waals surface area contributed by atoms with E-state index in [-0.39, 0.29) is 31.1 Å². The molecular weight excluding hydrogens is 949 g/mol. The maximum absolute atomic E-state index is 12.9. The summed E-state index contributed by atoms with van der Waals surface area (Å²) in [6.45, 7) is 6.35. The van der Waals surface area contributed by atoms with Crippen molar-refractivity contribution in [2.24, 2.45) is 0 Å². The van der Waals surface area contributed by atoms with E-state index >= 15 is 0 Å². The third kappa shape index (κ3) is 62.0. The van der Waals surface area contributed by atoms with Gasteiger partial charge in [0.25, 0.3) is 0 Å². The molecule has 0 heterocycles. The van der Waals surface area contributed by atoms with Crippen molar-refractivity contribution in [2.75, 3.05) is 13.2 Å². The van der Waals surface area contributed by atoms with E-state index in [1.807, 2.05) is 0 Å². The van der Waals surface area contributed by atoms with Gasteiger partial charge in [-0.3, -0.25) is 14.4 Å². The van der Waals surface area contributed by atoms with Crippen molar-refractivity contribution in [1.82, 2.24) is 0 Å². The topological polar surface area (TPSA) is 78.9 Å². The van der Waals surface area contributed by atoms with Crippen LogP contribution in [0.4, 0.5) is 0 Å². The van der Waals surface area contributed by atoms with Gasteiger partial charge in [0, 0.05) is 19.3 Å². The molecule has 0 saturated carbocycles. The molecule has 6 nitrogen and oxygen atoms in total. The maximum Gasteiger partial charge on any atom is 0.306 e. The SMILES string of the molecule is CC/C=C\C/C=C\C/C=C\C/C=C\C/C=C\C/C=C\CCCCCCCCC(=O)OCC(COC(=O)CCCCCCC/C=C\C/C=C\C/C=C\CC)OC(=O)CCCCCCCC/C=C\C/C=C\C/C=C\CCCCC. The number of carbonyl (C=O) groups excluding carboxylic acids is 3. The highest BCUT2D eigenvalue weighted by Crippen LogP contribution is 2.14. The van der Waals surface area contributed by atoms with Gasteiger partial charge in [0.2, 0.25) is 0 Å². The monoisotopic (exact) mass is 1060 g/mol. The lowest BCUT2D eigenvalue weighted by Crippen LogP contribution is -2.30. The Morgan fingerprint density at radius 3 is 0.792 bits per heavy atom. The molecule has 434 valence electrons. The second-order valence-electron chi connectivity index (χ2n) is 20.2. The Balaban J connectivity index is 4.46. The fraction of sp³-hybridized carbons (Fsp3) is 0.620. The number of esters is 3. The number of hydrogen-bond donors (Lipinski definition) is 0. The van der Waals surface area contributed by atoms with Crippen LogP contribution >= 0.6 is 0 Å². The van der Waals surface area contributed by atoms with Crippen molar-refractivity contribution in [1.29, 1.82) is 0 Å². The van der Waals surface area contributed by atoms with E-state index in [9.17, 15) is 14.4 Å². The first kappa shape index (κ1) is 72.3.